The number of hydrogen-bond donors (Lipinski definition) is 0. The van der Waals surface area contributed by atoms with E-state index in [1.54, 1.807) is 22.7 Å². The van der Waals surface area contributed by atoms with Crippen molar-refractivity contribution >= 4 is 45.0 Å². The van der Waals surface area contributed by atoms with Crippen LogP contribution in [0.25, 0.3) is 22.3 Å². The standard InChI is InChI=1S/C33H34N2S2/c1-19-21-13-14-22(15-21)32(5,6)33(7,8)26-16-25(23-11-9-10-12-24(23)26)20(2)30-35-28(18-37-30)31(3,4)27-17-36-29(19)34-27/h9-18H,1-8H3/b21-19-,25-20+. The van der Waals surface area contributed by atoms with Gasteiger partial charge in [-0.1, -0.05) is 70.2 Å². The van der Waals surface area contributed by atoms with E-state index in [1.807, 2.05) is 0 Å². The molecule has 2 nitrogen and oxygen atoms in total. The summed E-state index contributed by atoms with van der Waals surface area (Å²) in [6, 6.07) is 8.89. The van der Waals surface area contributed by atoms with Crippen LogP contribution in [-0.2, 0) is 5.41 Å². The highest BCUT2D eigenvalue weighted by Gasteiger charge is 2.45. The summed E-state index contributed by atoms with van der Waals surface area (Å²) < 4.78 is 0. The van der Waals surface area contributed by atoms with Crippen LogP contribution in [0, 0.1) is 10.8 Å². The maximum Gasteiger partial charge on any atom is 0.119 e. The van der Waals surface area contributed by atoms with E-state index in [-0.39, 0.29) is 16.2 Å². The van der Waals surface area contributed by atoms with Gasteiger partial charge >= 0.3 is 0 Å². The zero-order chi connectivity index (χ0) is 26.3. The van der Waals surface area contributed by atoms with E-state index in [4.69, 9.17) is 9.97 Å². The second-order valence-electron chi connectivity index (χ2n) is 12.1. The molecule has 37 heavy (non-hydrogen) atoms. The first kappa shape index (κ1) is 24.5. The molecule has 8 bridgehead atoms. The lowest BCUT2D eigenvalue weighted by Gasteiger charge is -2.44. The van der Waals surface area contributed by atoms with Crippen molar-refractivity contribution in [1.82, 2.24) is 9.97 Å². The maximum atomic E-state index is 5.20. The van der Waals surface area contributed by atoms with Gasteiger partial charge in [0.1, 0.15) is 10.0 Å². The van der Waals surface area contributed by atoms with Gasteiger partial charge in [-0.15, -0.1) is 22.7 Å². The highest BCUT2D eigenvalue weighted by molar-refractivity contribution is 7.11. The summed E-state index contributed by atoms with van der Waals surface area (Å²) in [4.78, 5) is 10.3. The molecule has 0 amide bonds. The summed E-state index contributed by atoms with van der Waals surface area (Å²) >= 11 is 3.48. The molecule has 3 heterocycles. The molecule has 0 spiro atoms. The summed E-state index contributed by atoms with van der Waals surface area (Å²) in [5.41, 5.74) is 12.2. The quantitative estimate of drug-likeness (QED) is 0.294. The predicted octanol–water partition coefficient (Wildman–Crippen LogP) is 9.59. The summed E-state index contributed by atoms with van der Waals surface area (Å²) in [6.07, 6.45) is 9.43. The fraction of sp³-hybridized carbons (Fsp3) is 0.333. The maximum absolute atomic E-state index is 5.20. The second-order valence-corrected chi connectivity index (χ2v) is 13.8. The number of nitrogens with zero attached hydrogens (tertiary/aromatic N) is 2. The first-order valence-corrected chi connectivity index (χ1v) is 14.8. The molecule has 0 radical (unpaired) electrons. The van der Waals surface area contributed by atoms with E-state index in [9.17, 15) is 0 Å². The molecule has 2 aliphatic carbocycles. The summed E-state index contributed by atoms with van der Waals surface area (Å²) in [6.45, 7) is 18.5. The molecule has 3 aliphatic rings. The van der Waals surface area contributed by atoms with E-state index in [0.717, 1.165) is 21.4 Å². The normalized spacial score (nSPS) is 25.0. The van der Waals surface area contributed by atoms with Gasteiger partial charge in [-0.3, -0.25) is 0 Å². The van der Waals surface area contributed by atoms with Crippen LogP contribution in [-0.4, -0.2) is 9.97 Å². The Morgan fingerprint density at radius 2 is 1.27 bits per heavy atom. The van der Waals surface area contributed by atoms with Crippen LogP contribution in [0.4, 0.5) is 0 Å². The van der Waals surface area contributed by atoms with Crippen LogP contribution >= 0.6 is 22.7 Å². The number of rotatable bonds is 0. The van der Waals surface area contributed by atoms with Gasteiger partial charge in [0.2, 0.25) is 0 Å². The van der Waals surface area contributed by atoms with E-state index >= 15 is 0 Å². The molecule has 3 aromatic rings. The van der Waals surface area contributed by atoms with Crippen molar-refractivity contribution in [2.24, 2.45) is 10.8 Å². The highest BCUT2D eigenvalue weighted by atomic mass is 32.1. The average Bonchev–Trinajstić information content (AvgIpc) is 3.67. The minimum absolute atomic E-state index is 0.0911. The summed E-state index contributed by atoms with van der Waals surface area (Å²) in [7, 11) is 0. The molecule has 4 heteroatoms. The van der Waals surface area contributed by atoms with Crippen LogP contribution in [0.3, 0.4) is 0 Å². The van der Waals surface area contributed by atoms with Crippen LogP contribution in [0.2, 0.25) is 0 Å². The molecular weight excluding hydrogens is 489 g/mol. The Morgan fingerprint density at radius 1 is 0.676 bits per heavy atom. The van der Waals surface area contributed by atoms with E-state index < -0.39 is 0 Å². The smallest absolute Gasteiger partial charge is 0.119 e. The van der Waals surface area contributed by atoms with Crippen LogP contribution in [0.1, 0.15) is 87.9 Å². The largest absolute Gasteiger partial charge is 0.240 e. The van der Waals surface area contributed by atoms with Crippen LogP contribution in [0.15, 0.2) is 70.5 Å². The lowest BCUT2D eigenvalue weighted by atomic mass is 9.59. The van der Waals surface area contributed by atoms with Crippen LogP contribution in [0.5, 0.6) is 0 Å². The number of fused-ring (bicyclic) bond motifs is 9. The highest BCUT2D eigenvalue weighted by Crippen LogP contribution is 2.57. The van der Waals surface area contributed by atoms with Crippen molar-refractivity contribution in [3.63, 3.8) is 0 Å². The molecule has 0 saturated heterocycles. The van der Waals surface area contributed by atoms with Crippen molar-refractivity contribution < 1.29 is 0 Å². The second kappa shape index (κ2) is 8.09. The molecule has 0 atom stereocenters. The van der Waals surface area contributed by atoms with Crippen molar-refractivity contribution in [3.8, 4) is 0 Å². The molecule has 0 fully saturated rings. The lowest BCUT2D eigenvalue weighted by Crippen LogP contribution is -2.34. The molecule has 6 rings (SSSR count). The number of aromatic nitrogens is 2. The first-order chi connectivity index (χ1) is 17.4. The molecule has 1 aliphatic heterocycles. The van der Waals surface area contributed by atoms with Gasteiger partial charge in [-0.25, -0.2) is 9.97 Å². The number of benzene rings is 1. The average molecular weight is 523 g/mol. The van der Waals surface area contributed by atoms with Crippen molar-refractivity contribution in [3.05, 3.63) is 103 Å². The Balaban J connectivity index is 1.66. The Kier molecular flexibility index (Phi) is 5.36. The van der Waals surface area contributed by atoms with Gasteiger partial charge in [0.25, 0.3) is 0 Å². The SMILES string of the molecule is C/C1=C2\C=CC(=C2)C(C)(C)C(C)(C)C2=C/C(=C(/C)c3nc(cs3)C(C)(C)c3csc1n3)c1ccccc12. The Hall–Kier alpha value is -2.82. The molecule has 188 valence electrons. The third-order valence-corrected chi connectivity index (χ3v) is 11.2. The third-order valence-electron chi connectivity index (χ3n) is 9.27. The molecule has 1 aromatic carbocycles. The first-order valence-electron chi connectivity index (χ1n) is 13.0. The van der Waals surface area contributed by atoms with Gasteiger partial charge in [0, 0.05) is 10.8 Å². The molecule has 0 N–H and O–H groups in total. The molecule has 2 aromatic heterocycles. The summed E-state index contributed by atoms with van der Waals surface area (Å²) in [5.74, 6) is 0. The number of allylic oxidation sites excluding steroid dienone is 10. The molecular formula is C33H34N2S2. The van der Waals surface area contributed by atoms with E-state index in [0.29, 0.717) is 0 Å². The lowest BCUT2D eigenvalue weighted by molar-refractivity contribution is 0.234. The van der Waals surface area contributed by atoms with Gasteiger partial charge in [0.15, 0.2) is 0 Å². The van der Waals surface area contributed by atoms with Gasteiger partial charge in [0.05, 0.1) is 16.8 Å². The van der Waals surface area contributed by atoms with Crippen molar-refractivity contribution in [1.29, 1.82) is 0 Å². The fourth-order valence-electron chi connectivity index (χ4n) is 5.68. The van der Waals surface area contributed by atoms with Crippen molar-refractivity contribution in [2.45, 2.75) is 60.8 Å². The van der Waals surface area contributed by atoms with Crippen LogP contribution < -0.4 is 0 Å². The van der Waals surface area contributed by atoms with E-state index in [2.05, 4.69) is 115 Å². The number of thiazole rings is 2. The van der Waals surface area contributed by atoms with E-state index in [1.165, 1.54) is 44.6 Å². The third kappa shape index (κ3) is 3.49. The Bertz CT molecular complexity index is 1610. The zero-order valence-corrected chi connectivity index (χ0v) is 24.6. The monoisotopic (exact) mass is 522 g/mol. The topological polar surface area (TPSA) is 25.8 Å². The van der Waals surface area contributed by atoms with Gasteiger partial charge in [-0.2, -0.15) is 0 Å². The van der Waals surface area contributed by atoms with Crippen molar-refractivity contribution in [2.75, 3.05) is 0 Å². The number of hydrogen-bond acceptors (Lipinski definition) is 4. The summed E-state index contributed by atoms with van der Waals surface area (Å²) in [5, 5.41) is 6.61. The minimum atomic E-state index is -0.265. The Labute approximate surface area is 228 Å². The predicted molar refractivity (Wildman–Crippen MR) is 161 cm³/mol. The molecule has 0 saturated carbocycles. The Morgan fingerprint density at radius 3 is 1.92 bits per heavy atom. The molecule has 0 unspecified atom stereocenters. The van der Waals surface area contributed by atoms with Gasteiger partial charge < -0.3 is 0 Å². The fourth-order valence-corrected chi connectivity index (χ4v) is 7.70. The minimum Gasteiger partial charge on any atom is -0.240 e. The van der Waals surface area contributed by atoms with Gasteiger partial charge in [-0.05, 0) is 89.2 Å². The zero-order valence-electron chi connectivity index (χ0n) is 23.0.